The Kier molecular flexibility index (Phi) is 5.05. The lowest BCUT2D eigenvalue weighted by molar-refractivity contribution is 0.286. The van der Waals surface area contributed by atoms with Gasteiger partial charge in [0, 0.05) is 19.1 Å². The van der Waals surface area contributed by atoms with E-state index in [0.29, 0.717) is 11.6 Å². The van der Waals surface area contributed by atoms with Crippen LogP contribution in [0.2, 0.25) is 0 Å². The average molecular weight is 324 g/mol. The Balaban J connectivity index is 1.69. The molecule has 6 heteroatoms. The number of benzene rings is 1. The maximum atomic E-state index is 4.38. The Labute approximate surface area is 142 Å². The van der Waals surface area contributed by atoms with Gasteiger partial charge in [-0.2, -0.15) is 0 Å². The van der Waals surface area contributed by atoms with E-state index < -0.39 is 0 Å². The van der Waals surface area contributed by atoms with E-state index in [1.54, 1.807) is 12.7 Å². The van der Waals surface area contributed by atoms with Crippen molar-refractivity contribution in [2.24, 2.45) is 5.92 Å². The fraction of sp³-hybridized carbons (Fsp3) is 0.389. The van der Waals surface area contributed by atoms with E-state index in [4.69, 9.17) is 0 Å². The Morgan fingerprint density at radius 2 is 1.92 bits per heavy atom. The van der Waals surface area contributed by atoms with Crippen LogP contribution in [-0.4, -0.2) is 44.5 Å². The molecule has 1 atom stereocenters. The van der Waals surface area contributed by atoms with Crippen LogP contribution in [0.25, 0.3) is 11.2 Å². The monoisotopic (exact) mass is 324 g/mol. The number of hydrogen-bond donors (Lipinski definition) is 2. The van der Waals surface area contributed by atoms with E-state index in [0.717, 1.165) is 24.4 Å². The first-order chi connectivity index (χ1) is 11.6. The van der Waals surface area contributed by atoms with Crippen LogP contribution in [0.4, 0.5) is 5.82 Å². The van der Waals surface area contributed by atoms with Gasteiger partial charge in [0.25, 0.3) is 0 Å². The molecular weight excluding hydrogens is 300 g/mol. The lowest BCUT2D eigenvalue weighted by Gasteiger charge is -2.28. The zero-order valence-corrected chi connectivity index (χ0v) is 14.4. The molecule has 0 spiro atoms. The summed E-state index contributed by atoms with van der Waals surface area (Å²) in [5.41, 5.74) is 2.86. The SMILES string of the molecule is CC(C)C(CN(C)Cc1ccccc1)Nc1ncnc2nc[nH]c12. The van der Waals surface area contributed by atoms with E-state index in [9.17, 15) is 0 Å². The molecule has 1 unspecified atom stereocenters. The van der Waals surface area contributed by atoms with Gasteiger partial charge in [0.2, 0.25) is 0 Å². The molecule has 24 heavy (non-hydrogen) atoms. The van der Waals surface area contributed by atoms with Crippen molar-refractivity contribution >= 4 is 17.0 Å². The number of likely N-dealkylation sites (N-methyl/N-ethyl adjacent to an activating group) is 1. The summed E-state index contributed by atoms with van der Waals surface area (Å²) < 4.78 is 0. The lowest BCUT2D eigenvalue weighted by atomic mass is 10.0. The fourth-order valence-corrected chi connectivity index (χ4v) is 2.77. The molecule has 3 aromatic rings. The highest BCUT2D eigenvalue weighted by molar-refractivity contribution is 5.82. The van der Waals surface area contributed by atoms with Crippen LogP contribution in [0.1, 0.15) is 19.4 Å². The van der Waals surface area contributed by atoms with E-state index in [1.165, 1.54) is 5.56 Å². The molecule has 0 radical (unpaired) electrons. The molecule has 0 fully saturated rings. The highest BCUT2D eigenvalue weighted by Gasteiger charge is 2.18. The van der Waals surface area contributed by atoms with E-state index >= 15 is 0 Å². The highest BCUT2D eigenvalue weighted by Crippen LogP contribution is 2.18. The number of aromatic amines is 1. The molecule has 2 aromatic heterocycles. The molecular formula is C18H24N6. The summed E-state index contributed by atoms with van der Waals surface area (Å²) in [5, 5.41) is 3.56. The number of imidazole rings is 1. The summed E-state index contributed by atoms with van der Waals surface area (Å²) >= 11 is 0. The molecule has 0 amide bonds. The van der Waals surface area contributed by atoms with Gasteiger partial charge < -0.3 is 15.2 Å². The van der Waals surface area contributed by atoms with E-state index in [2.05, 4.69) is 75.3 Å². The maximum absolute atomic E-state index is 4.38. The van der Waals surface area contributed by atoms with Crippen molar-refractivity contribution in [3.63, 3.8) is 0 Å². The summed E-state index contributed by atoms with van der Waals surface area (Å²) in [5.74, 6) is 1.28. The van der Waals surface area contributed by atoms with Gasteiger partial charge in [-0.25, -0.2) is 15.0 Å². The third kappa shape index (κ3) is 3.89. The molecule has 1 aromatic carbocycles. The smallest absolute Gasteiger partial charge is 0.182 e. The van der Waals surface area contributed by atoms with Crippen molar-refractivity contribution in [3.05, 3.63) is 48.5 Å². The number of nitrogens with one attached hydrogen (secondary N) is 2. The van der Waals surface area contributed by atoms with Gasteiger partial charge >= 0.3 is 0 Å². The first-order valence-electron chi connectivity index (χ1n) is 8.26. The average Bonchev–Trinajstić information content (AvgIpc) is 3.04. The Bertz CT molecular complexity index is 767. The summed E-state index contributed by atoms with van der Waals surface area (Å²) in [4.78, 5) is 18.2. The number of nitrogens with zero attached hydrogens (tertiary/aromatic N) is 4. The quantitative estimate of drug-likeness (QED) is 0.699. The third-order valence-electron chi connectivity index (χ3n) is 4.15. The second kappa shape index (κ2) is 7.40. The van der Waals surface area contributed by atoms with Crippen LogP contribution in [0.15, 0.2) is 43.0 Å². The highest BCUT2D eigenvalue weighted by atomic mass is 15.2. The van der Waals surface area contributed by atoms with Crippen LogP contribution < -0.4 is 5.32 Å². The molecule has 3 rings (SSSR count). The molecule has 126 valence electrons. The minimum Gasteiger partial charge on any atom is -0.364 e. The fourth-order valence-electron chi connectivity index (χ4n) is 2.77. The number of fused-ring (bicyclic) bond motifs is 1. The summed E-state index contributed by atoms with van der Waals surface area (Å²) in [6.45, 7) is 6.29. The zero-order valence-electron chi connectivity index (χ0n) is 14.4. The van der Waals surface area contributed by atoms with Crippen molar-refractivity contribution in [2.75, 3.05) is 18.9 Å². The van der Waals surface area contributed by atoms with Gasteiger partial charge in [-0.3, -0.25) is 0 Å². The van der Waals surface area contributed by atoms with Crippen molar-refractivity contribution in [3.8, 4) is 0 Å². The Morgan fingerprint density at radius 1 is 1.12 bits per heavy atom. The van der Waals surface area contributed by atoms with Crippen LogP contribution in [0.3, 0.4) is 0 Å². The first kappa shape index (κ1) is 16.4. The number of aromatic nitrogens is 4. The standard InChI is InChI=1S/C18H24N6/c1-13(2)15(10-24(3)9-14-7-5-4-6-8-14)23-18-16-17(20-11-19-16)21-12-22-18/h4-8,11-13,15H,9-10H2,1-3H3,(H2,19,20,21,22,23). The van der Waals surface area contributed by atoms with Crippen molar-refractivity contribution in [1.82, 2.24) is 24.8 Å². The zero-order chi connectivity index (χ0) is 16.9. The number of H-pyrrole nitrogens is 1. The minimum absolute atomic E-state index is 0.278. The van der Waals surface area contributed by atoms with Crippen LogP contribution in [0.5, 0.6) is 0 Å². The van der Waals surface area contributed by atoms with Crippen LogP contribution in [-0.2, 0) is 6.54 Å². The summed E-state index contributed by atoms with van der Waals surface area (Å²) in [7, 11) is 2.15. The molecule has 0 saturated carbocycles. The predicted octanol–water partition coefficient (Wildman–Crippen LogP) is 2.92. The van der Waals surface area contributed by atoms with Gasteiger partial charge in [-0.15, -0.1) is 0 Å². The Hall–Kier alpha value is -2.47. The van der Waals surface area contributed by atoms with Crippen molar-refractivity contribution in [1.29, 1.82) is 0 Å². The van der Waals surface area contributed by atoms with Crippen LogP contribution in [0, 0.1) is 5.92 Å². The van der Waals surface area contributed by atoms with Gasteiger partial charge in [0.05, 0.1) is 6.33 Å². The normalized spacial score (nSPS) is 12.9. The van der Waals surface area contributed by atoms with E-state index in [-0.39, 0.29) is 6.04 Å². The molecule has 2 N–H and O–H groups in total. The number of rotatable bonds is 7. The molecule has 0 aliphatic carbocycles. The van der Waals surface area contributed by atoms with Crippen molar-refractivity contribution in [2.45, 2.75) is 26.4 Å². The first-order valence-corrected chi connectivity index (χ1v) is 8.26. The van der Waals surface area contributed by atoms with Crippen molar-refractivity contribution < 1.29 is 0 Å². The van der Waals surface area contributed by atoms with Crippen LogP contribution >= 0.6 is 0 Å². The largest absolute Gasteiger partial charge is 0.364 e. The third-order valence-corrected chi connectivity index (χ3v) is 4.15. The van der Waals surface area contributed by atoms with Gasteiger partial charge in [0.1, 0.15) is 11.8 Å². The number of hydrogen-bond acceptors (Lipinski definition) is 5. The molecule has 2 heterocycles. The molecule has 0 aliphatic heterocycles. The second-order valence-electron chi connectivity index (χ2n) is 6.50. The summed E-state index contributed by atoms with van der Waals surface area (Å²) in [6.07, 6.45) is 3.20. The number of anilines is 1. The molecule has 0 bridgehead atoms. The van der Waals surface area contributed by atoms with Gasteiger partial charge in [0.15, 0.2) is 11.5 Å². The molecule has 6 nitrogen and oxygen atoms in total. The van der Waals surface area contributed by atoms with Gasteiger partial charge in [-0.05, 0) is 18.5 Å². The maximum Gasteiger partial charge on any atom is 0.182 e. The molecule has 0 aliphatic rings. The Morgan fingerprint density at radius 3 is 2.67 bits per heavy atom. The van der Waals surface area contributed by atoms with E-state index in [1.807, 2.05) is 6.07 Å². The van der Waals surface area contributed by atoms with Gasteiger partial charge in [-0.1, -0.05) is 44.2 Å². The lowest BCUT2D eigenvalue weighted by Crippen LogP contribution is -2.38. The topological polar surface area (TPSA) is 69.7 Å². The molecule has 0 saturated heterocycles. The summed E-state index contributed by atoms with van der Waals surface area (Å²) in [6, 6.07) is 10.8. The second-order valence-corrected chi connectivity index (χ2v) is 6.50. The minimum atomic E-state index is 0.278. The predicted molar refractivity (Wildman–Crippen MR) is 96.7 cm³/mol.